The molecule has 1 aliphatic carbocycles. The molecule has 0 saturated heterocycles. The van der Waals surface area contributed by atoms with Crippen LogP contribution < -0.4 is 21.3 Å². The summed E-state index contributed by atoms with van der Waals surface area (Å²) in [5, 5.41) is 5.31. The van der Waals surface area contributed by atoms with Crippen molar-refractivity contribution in [3.05, 3.63) is 77.9 Å². The number of alkyl halides is 3. The number of amidine groups is 1. The summed E-state index contributed by atoms with van der Waals surface area (Å²) >= 11 is 0. The fourth-order valence-corrected chi connectivity index (χ4v) is 4.22. The van der Waals surface area contributed by atoms with E-state index in [2.05, 4.69) is 25.4 Å². The molecule has 3 aliphatic rings. The fourth-order valence-electron chi connectivity index (χ4n) is 4.22. The third-order valence-corrected chi connectivity index (χ3v) is 6.08. The zero-order chi connectivity index (χ0) is 24.0. The number of aryl methyl sites for hydroxylation is 1. The van der Waals surface area contributed by atoms with Crippen LogP contribution in [0.5, 0.6) is 0 Å². The lowest BCUT2D eigenvalue weighted by molar-refractivity contribution is -0.137. The number of fused-ring (bicyclic) bond motifs is 1. The molecule has 1 saturated carbocycles. The molecule has 2 amide bonds. The van der Waals surface area contributed by atoms with Crippen molar-refractivity contribution in [3.8, 4) is 0 Å². The van der Waals surface area contributed by atoms with Gasteiger partial charge in [-0.2, -0.15) is 13.2 Å². The number of amides is 2. The van der Waals surface area contributed by atoms with Gasteiger partial charge in [-0.1, -0.05) is 0 Å². The van der Waals surface area contributed by atoms with Crippen molar-refractivity contribution in [3.63, 3.8) is 0 Å². The number of nitrogens with two attached hydrogens (primary N) is 1. The fraction of sp³-hybridized carbons (Fsp3) is 0.250. The van der Waals surface area contributed by atoms with Crippen LogP contribution in [-0.4, -0.2) is 22.9 Å². The van der Waals surface area contributed by atoms with Gasteiger partial charge in [0.15, 0.2) is 0 Å². The van der Waals surface area contributed by atoms with E-state index < -0.39 is 17.8 Å². The Morgan fingerprint density at radius 1 is 1.09 bits per heavy atom. The molecule has 2 aromatic carbocycles. The summed E-state index contributed by atoms with van der Waals surface area (Å²) in [5.41, 5.74) is 8.86. The van der Waals surface area contributed by atoms with E-state index in [-0.39, 0.29) is 11.9 Å². The smallest absolute Gasteiger partial charge is 0.382 e. The van der Waals surface area contributed by atoms with E-state index in [0.29, 0.717) is 17.4 Å². The summed E-state index contributed by atoms with van der Waals surface area (Å²) in [6, 6.07) is 9.46. The van der Waals surface area contributed by atoms with E-state index in [9.17, 15) is 18.0 Å². The van der Waals surface area contributed by atoms with E-state index >= 15 is 0 Å². The summed E-state index contributed by atoms with van der Waals surface area (Å²) in [5.74, 6) is 1.00. The summed E-state index contributed by atoms with van der Waals surface area (Å²) in [7, 11) is 0. The standard InChI is InChI=1S/C24H23F3N6O/c1-14-12-18(33-13-20-21(28)29-10-11-32(20)22(33)15-2-3-15)8-9-19(14)31-23(34)30-17-6-4-16(5-7-17)24(25,26)27/h4-13,15,22H,2-3H2,1H3,(H2,28,29)(H2,30,31,34). The van der Waals surface area contributed by atoms with Crippen LogP contribution in [0.4, 0.5) is 35.0 Å². The largest absolute Gasteiger partial charge is 0.416 e. The number of hydrogen-bond acceptors (Lipinski definition) is 5. The number of halogens is 3. The van der Waals surface area contributed by atoms with Crippen molar-refractivity contribution in [2.24, 2.45) is 16.6 Å². The highest BCUT2D eigenvalue weighted by molar-refractivity contribution is 6.00. The van der Waals surface area contributed by atoms with Gasteiger partial charge in [0.2, 0.25) is 0 Å². The molecule has 1 atom stereocenters. The van der Waals surface area contributed by atoms with E-state index in [0.717, 1.165) is 41.9 Å². The number of nitrogens with zero attached hydrogens (tertiary/aromatic N) is 3. The second-order valence-corrected chi connectivity index (χ2v) is 8.55. The minimum absolute atomic E-state index is 0.126. The third kappa shape index (κ3) is 4.18. The van der Waals surface area contributed by atoms with Crippen LogP contribution in [0.25, 0.3) is 0 Å². The lowest BCUT2D eigenvalue weighted by Crippen LogP contribution is -2.41. The summed E-state index contributed by atoms with van der Waals surface area (Å²) < 4.78 is 38.1. The monoisotopic (exact) mass is 468 g/mol. The number of carbonyl (C=O) groups is 1. The van der Waals surface area contributed by atoms with Gasteiger partial charge in [0.25, 0.3) is 0 Å². The summed E-state index contributed by atoms with van der Waals surface area (Å²) in [6.45, 7) is 1.88. The minimum atomic E-state index is -4.42. The van der Waals surface area contributed by atoms with E-state index in [1.165, 1.54) is 12.1 Å². The molecule has 7 nitrogen and oxygen atoms in total. The molecule has 1 unspecified atom stereocenters. The number of nitrogens with one attached hydrogen (secondary N) is 2. The van der Waals surface area contributed by atoms with Crippen LogP contribution in [0.1, 0.15) is 24.0 Å². The Hall–Kier alpha value is -3.95. The molecule has 1 fully saturated rings. The van der Waals surface area contributed by atoms with Gasteiger partial charge >= 0.3 is 12.2 Å². The Kier molecular flexibility index (Phi) is 5.22. The first kappa shape index (κ1) is 21.9. The zero-order valence-corrected chi connectivity index (χ0v) is 18.3. The van der Waals surface area contributed by atoms with Crippen molar-refractivity contribution in [1.82, 2.24) is 4.90 Å². The number of anilines is 3. The molecule has 0 radical (unpaired) electrons. The predicted molar refractivity (Wildman–Crippen MR) is 125 cm³/mol. The molecule has 0 bridgehead atoms. The topological polar surface area (TPSA) is 86.0 Å². The first-order valence-corrected chi connectivity index (χ1v) is 10.9. The van der Waals surface area contributed by atoms with Crippen molar-refractivity contribution in [2.45, 2.75) is 32.1 Å². The van der Waals surface area contributed by atoms with Crippen molar-refractivity contribution < 1.29 is 18.0 Å². The normalized spacial score (nSPS) is 19.5. The molecular formula is C24H23F3N6O. The highest BCUT2D eigenvalue weighted by atomic mass is 19.4. The quantitative estimate of drug-likeness (QED) is 0.576. The average molecular weight is 468 g/mol. The van der Waals surface area contributed by atoms with Crippen LogP contribution in [0.2, 0.25) is 0 Å². The average Bonchev–Trinajstić information content (AvgIpc) is 3.54. The molecule has 176 valence electrons. The SMILES string of the molecule is Cc1cc(N2C=C3C(N)=NC=CN3C2C2CC2)ccc1NC(=O)Nc1ccc(C(F)(F)F)cc1. The van der Waals surface area contributed by atoms with Gasteiger partial charge in [0, 0.05) is 35.7 Å². The minimum Gasteiger partial charge on any atom is -0.382 e. The molecule has 4 N–H and O–H groups in total. The summed E-state index contributed by atoms with van der Waals surface area (Å²) in [4.78, 5) is 20.9. The second kappa shape index (κ2) is 8.12. The van der Waals surface area contributed by atoms with Crippen molar-refractivity contribution in [1.29, 1.82) is 0 Å². The molecule has 2 aliphatic heterocycles. The highest BCUT2D eigenvalue weighted by Crippen LogP contribution is 2.44. The molecular weight excluding hydrogens is 445 g/mol. The number of urea groups is 1. The predicted octanol–water partition coefficient (Wildman–Crippen LogP) is 5.20. The second-order valence-electron chi connectivity index (χ2n) is 8.55. The highest BCUT2D eigenvalue weighted by Gasteiger charge is 2.44. The Labute approximate surface area is 194 Å². The molecule has 0 aromatic heterocycles. The van der Waals surface area contributed by atoms with Gasteiger partial charge in [-0.05, 0) is 73.7 Å². The third-order valence-electron chi connectivity index (χ3n) is 6.08. The van der Waals surface area contributed by atoms with Gasteiger partial charge in [-0.25, -0.2) is 9.79 Å². The Balaban J connectivity index is 1.30. The zero-order valence-electron chi connectivity index (χ0n) is 18.3. The first-order chi connectivity index (χ1) is 16.2. The lowest BCUT2D eigenvalue weighted by atomic mass is 10.1. The van der Waals surface area contributed by atoms with Gasteiger partial charge < -0.3 is 26.2 Å². The maximum Gasteiger partial charge on any atom is 0.416 e. The molecule has 5 rings (SSSR count). The maximum absolute atomic E-state index is 12.7. The Morgan fingerprint density at radius 3 is 2.47 bits per heavy atom. The van der Waals surface area contributed by atoms with Gasteiger partial charge in [-0.15, -0.1) is 0 Å². The summed E-state index contributed by atoms with van der Waals surface area (Å²) in [6.07, 6.45) is 3.65. The molecule has 2 heterocycles. The van der Waals surface area contributed by atoms with Crippen LogP contribution >= 0.6 is 0 Å². The number of aliphatic imine (C=N–C) groups is 1. The number of carbonyl (C=O) groups excluding carboxylic acids is 1. The molecule has 0 spiro atoms. The van der Waals surface area contributed by atoms with Gasteiger partial charge in [0.1, 0.15) is 17.7 Å². The molecule has 34 heavy (non-hydrogen) atoms. The number of rotatable bonds is 4. The maximum atomic E-state index is 12.7. The van der Waals surface area contributed by atoms with Crippen molar-refractivity contribution >= 4 is 28.9 Å². The van der Waals surface area contributed by atoms with Crippen LogP contribution in [-0.2, 0) is 6.18 Å². The molecule has 2 aromatic rings. The van der Waals surface area contributed by atoms with Crippen LogP contribution in [0.15, 0.2) is 71.8 Å². The van der Waals surface area contributed by atoms with E-state index in [1.54, 1.807) is 6.20 Å². The Morgan fingerprint density at radius 2 is 1.82 bits per heavy atom. The lowest BCUT2D eigenvalue weighted by Gasteiger charge is -2.33. The van der Waals surface area contributed by atoms with E-state index in [1.807, 2.05) is 37.5 Å². The number of hydrogen-bond donors (Lipinski definition) is 3. The number of benzene rings is 2. The van der Waals surface area contributed by atoms with Crippen LogP contribution in [0, 0.1) is 12.8 Å². The van der Waals surface area contributed by atoms with Crippen molar-refractivity contribution in [2.75, 3.05) is 15.5 Å². The van der Waals surface area contributed by atoms with Crippen LogP contribution in [0.3, 0.4) is 0 Å². The van der Waals surface area contributed by atoms with E-state index in [4.69, 9.17) is 5.73 Å². The van der Waals surface area contributed by atoms with Gasteiger partial charge in [0.05, 0.1) is 5.56 Å². The Bertz CT molecular complexity index is 1210. The first-order valence-electron chi connectivity index (χ1n) is 10.9. The molecule has 10 heteroatoms. The van der Waals surface area contributed by atoms with Gasteiger partial charge in [-0.3, -0.25) is 0 Å².